The molecule has 120 valence electrons. The number of alkyl halides is 2. The van der Waals surface area contributed by atoms with Gasteiger partial charge in [-0.25, -0.2) is 4.98 Å². The first-order chi connectivity index (χ1) is 11.0. The summed E-state index contributed by atoms with van der Waals surface area (Å²) in [6.45, 7) is -2.79. The number of amidine groups is 1. The fourth-order valence-electron chi connectivity index (χ4n) is 3.64. The van der Waals surface area contributed by atoms with Crippen LogP contribution in [0.1, 0.15) is 38.1 Å². The van der Waals surface area contributed by atoms with E-state index >= 15 is 0 Å². The lowest BCUT2D eigenvalue weighted by molar-refractivity contribution is 0.0737. The quantitative estimate of drug-likeness (QED) is 0.891. The summed E-state index contributed by atoms with van der Waals surface area (Å²) in [6.07, 6.45) is 3.22. The van der Waals surface area contributed by atoms with Crippen LogP contribution in [0.5, 0.6) is 0 Å². The van der Waals surface area contributed by atoms with Crippen molar-refractivity contribution >= 4 is 22.4 Å². The smallest absolute Gasteiger partial charge is 0.320 e. The van der Waals surface area contributed by atoms with E-state index in [4.69, 9.17) is 5.73 Å². The Labute approximate surface area is 131 Å². The number of benzene rings is 1. The number of aliphatic hydroxyl groups excluding tert-OH is 1. The molecule has 23 heavy (non-hydrogen) atoms. The monoisotopic (exact) mass is 318 g/mol. The van der Waals surface area contributed by atoms with Gasteiger partial charge in [0.2, 0.25) is 0 Å². The largest absolute Gasteiger partial charge is 0.509 e. The third kappa shape index (κ3) is 1.89. The minimum Gasteiger partial charge on any atom is -0.509 e. The van der Waals surface area contributed by atoms with Gasteiger partial charge in [-0.1, -0.05) is 25.0 Å². The second-order valence-electron chi connectivity index (χ2n) is 6.03. The lowest BCUT2D eigenvalue weighted by atomic mass is 9.95. The molecule has 1 aliphatic carbocycles. The van der Waals surface area contributed by atoms with Crippen molar-refractivity contribution in [2.45, 2.75) is 37.8 Å². The highest BCUT2D eigenvalue weighted by molar-refractivity contribution is 6.24. The Balaban J connectivity index is 1.98. The molecule has 1 aliphatic heterocycles. The predicted octanol–water partition coefficient (Wildman–Crippen LogP) is 3.38. The SMILES string of the molecule is NC1=NC2(CCCC2)C(O)=C1c1nc2ccccc2n1C(F)F. The molecule has 2 aromatic rings. The molecule has 0 saturated heterocycles. The molecule has 7 heteroatoms. The number of hydrogen-bond donors (Lipinski definition) is 2. The Morgan fingerprint density at radius 3 is 2.61 bits per heavy atom. The maximum Gasteiger partial charge on any atom is 0.320 e. The van der Waals surface area contributed by atoms with Gasteiger partial charge in [-0.3, -0.25) is 9.56 Å². The fraction of sp³-hybridized carbons (Fsp3) is 0.375. The number of para-hydroxylation sites is 2. The highest BCUT2D eigenvalue weighted by atomic mass is 19.3. The van der Waals surface area contributed by atoms with Crippen molar-refractivity contribution in [3.63, 3.8) is 0 Å². The number of hydrogen-bond acceptors (Lipinski definition) is 4. The summed E-state index contributed by atoms with van der Waals surface area (Å²) in [7, 11) is 0. The molecule has 1 aromatic carbocycles. The van der Waals surface area contributed by atoms with Gasteiger partial charge in [0.05, 0.1) is 16.6 Å². The van der Waals surface area contributed by atoms with Crippen molar-refractivity contribution in [3.8, 4) is 0 Å². The van der Waals surface area contributed by atoms with Crippen molar-refractivity contribution in [2.24, 2.45) is 10.7 Å². The molecule has 2 aliphatic rings. The second-order valence-corrected chi connectivity index (χ2v) is 6.03. The van der Waals surface area contributed by atoms with Crippen LogP contribution in [0.25, 0.3) is 16.6 Å². The minimum absolute atomic E-state index is 0.0234. The van der Waals surface area contributed by atoms with Gasteiger partial charge in [0, 0.05) is 0 Å². The molecule has 4 rings (SSSR count). The number of nitrogens with two attached hydrogens (primary N) is 1. The van der Waals surface area contributed by atoms with Crippen LogP contribution in [0.15, 0.2) is 35.0 Å². The van der Waals surface area contributed by atoms with Crippen LogP contribution in [-0.4, -0.2) is 26.0 Å². The summed E-state index contributed by atoms with van der Waals surface area (Å²) < 4.78 is 28.0. The van der Waals surface area contributed by atoms with Crippen LogP contribution < -0.4 is 5.73 Å². The predicted molar refractivity (Wildman–Crippen MR) is 83.4 cm³/mol. The molecule has 1 saturated carbocycles. The van der Waals surface area contributed by atoms with Crippen LogP contribution in [-0.2, 0) is 0 Å². The summed E-state index contributed by atoms with van der Waals surface area (Å²) in [6, 6.07) is 6.63. The first-order valence-corrected chi connectivity index (χ1v) is 7.58. The van der Waals surface area contributed by atoms with E-state index in [0.29, 0.717) is 23.9 Å². The molecule has 0 radical (unpaired) electrons. The molecule has 0 atom stereocenters. The van der Waals surface area contributed by atoms with E-state index in [-0.39, 0.29) is 23.0 Å². The Morgan fingerprint density at radius 2 is 1.91 bits per heavy atom. The number of imidazole rings is 1. The second kappa shape index (κ2) is 4.78. The molecular weight excluding hydrogens is 302 g/mol. The maximum absolute atomic E-state index is 13.6. The lowest BCUT2D eigenvalue weighted by Crippen LogP contribution is -2.22. The molecule has 3 N–H and O–H groups in total. The molecule has 1 fully saturated rings. The van der Waals surface area contributed by atoms with E-state index in [2.05, 4.69) is 9.98 Å². The first kappa shape index (κ1) is 14.2. The van der Waals surface area contributed by atoms with Gasteiger partial charge in [-0.2, -0.15) is 8.78 Å². The average molecular weight is 318 g/mol. The molecule has 1 aromatic heterocycles. The number of nitrogens with zero attached hydrogens (tertiary/aromatic N) is 3. The van der Waals surface area contributed by atoms with E-state index < -0.39 is 12.1 Å². The molecule has 0 unspecified atom stereocenters. The number of aliphatic hydroxyl groups is 1. The topological polar surface area (TPSA) is 76.4 Å². The van der Waals surface area contributed by atoms with Gasteiger partial charge in [-0.15, -0.1) is 0 Å². The van der Waals surface area contributed by atoms with Crippen molar-refractivity contribution in [1.82, 2.24) is 9.55 Å². The third-order valence-electron chi connectivity index (χ3n) is 4.71. The van der Waals surface area contributed by atoms with Gasteiger partial charge in [0.15, 0.2) is 5.82 Å². The molecule has 0 amide bonds. The standard InChI is InChI=1S/C16H16F2N4O/c17-15(18)22-10-6-2-1-5-9(10)20-14(22)11-12(23)16(21-13(11)19)7-3-4-8-16/h1-2,5-6,15,23H,3-4,7-8H2,(H2,19,21). The zero-order chi connectivity index (χ0) is 16.2. The number of rotatable bonds is 2. The Morgan fingerprint density at radius 1 is 1.22 bits per heavy atom. The fourth-order valence-corrected chi connectivity index (χ4v) is 3.64. The molecule has 5 nitrogen and oxygen atoms in total. The summed E-state index contributed by atoms with van der Waals surface area (Å²) in [5, 5.41) is 10.7. The van der Waals surface area contributed by atoms with Crippen LogP contribution in [0.3, 0.4) is 0 Å². The molecule has 2 heterocycles. The van der Waals surface area contributed by atoms with Gasteiger partial charge in [0.25, 0.3) is 0 Å². The van der Waals surface area contributed by atoms with Crippen molar-refractivity contribution in [2.75, 3.05) is 0 Å². The highest BCUT2D eigenvalue weighted by Crippen LogP contribution is 2.45. The summed E-state index contributed by atoms with van der Waals surface area (Å²) in [5.74, 6) is 0.0371. The molecule has 1 spiro atoms. The average Bonchev–Trinajstić information content (AvgIpc) is 3.17. The Hall–Kier alpha value is -2.44. The van der Waals surface area contributed by atoms with Crippen LogP contribution in [0.4, 0.5) is 8.78 Å². The minimum atomic E-state index is -2.79. The molecular formula is C16H16F2N4O. The zero-order valence-electron chi connectivity index (χ0n) is 12.3. The van der Waals surface area contributed by atoms with E-state index in [1.165, 1.54) is 0 Å². The third-order valence-corrected chi connectivity index (χ3v) is 4.71. The maximum atomic E-state index is 13.6. The van der Waals surface area contributed by atoms with Crippen LogP contribution >= 0.6 is 0 Å². The summed E-state index contributed by atoms with van der Waals surface area (Å²) in [4.78, 5) is 8.68. The zero-order valence-corrected chi connectivity index (χ0v) is 12.3. The van der Waals surface area contributed by atoms with Crippen LogP contribution in [0.2, 0.25) is 0 Å². The van der Waals surface area contributed by atoms with Crippen molar-refractivity contribution in [1.29, 1.82) is 0 Å². The number of aliphatic imine (C=N–C) groups is 1. The van der Waals surface area contributed by atoms with Crippen molar-refractivity contribution < 1.29 is 13.9 Å². The number of halogens is 2. The number of fused-ring (bicyclic) bond motifs is 1. The first-order valence-electron chi connectivity index (χ1n) is 7.58. The van der Waals surface area contributed by atoms with E-state index in [9.17, 15) is 13.9 Å². The number of aromatic nitrogens is 2. The van der Waals surface area contributed by atoms with E-state index in [1.54, 1.807) is 24.3 Å². The Bertz CT molecular complexity index is 847. The summed E-state index contributed by atoms with van der Waals surface area (Å²) >= 11 is 0. The van der Waals surface area contributed by atoms with Gasteiger partial charge >= 0.3 is 6.55 Å². The summed E-state index contributed by atoms with van der Waals surface area (Å²) in [5.41, 5.74) is 6.11. The van der Waals surface area contributed by atoms with E-state index in [1.807, 2.05) is 0 Å². The van der Waals surface area contributed by atoms with Gasteiger partial charge < -0.3 is 10.8 Å². The van der Waals surface area contributed by atoms with Crippen LogP contribution in [0, 0.1) is 0 Å². The highest BCUT2D eigenvalue weighted by Gasteiger charge is 2.46. The van der Waals surface area contributed by atoms with Gasteiger partial charge in [0.1, 0.15) is 17.1 Å². The normalized spacial score (nSPS) is 20.2. The van der Waals surface area contributed by atoms with Crippen molar-refractivity contribution in [3.05, 3.63) is 35.8 Å². The van der Waals surface area contributed by atoms with Gasteiger partial charge in [-0.05, 0) is 25.0 Å². The lowest BCUT2D eigenvalue weighted by Gasteiger charge is -2.19. The Kier molecular flexibility index (Phi) is 2.94. The van der Waals surface area contributed by atoms with E-state index in [0.717, 1.165) is 17.4 Å². The molecule has 0 bridgehead atoms.